The van der Waals surface area contributed by atoms with Gasteiger partial charge >= 0.3 is 0 Å². The summed E-state index contributed by atoms with van der Waals surface area (Å²) >= 11 is 1.74. The fraction of sp³-hybridized carbons (Fsp3) is 0.500. The molecule has 1 amide bonds. The lowest BCUT2D eigenvalue weighted by Crippen LogP contribution is -2.37. The van der Waals surface area contributed by atoms with Crippen LogP contribution in [0.5, 0.6) is 5.75 Å². The molecule has 1 aromatic rings. The van der Waals surface area contributed by atoms with E-state index in [9.17, 15) is 4.79 Å². The van der Waals surface area contributed by atoms with Gasteiger partial charge in [-0.05, 0) is 38.4 Å². The third kappa shape index (κ3) is 4.70. The number of carbonyl (C=O) groups excluding carboxylic acids is 1. The van der Waals surface area contributed by atoms with Gasteiger partial charge in [0.25, 0.3) is 0 Å². The maximum Gasteiger partial charge on any atom is 0.242 e. The van der Waals surface area contributed by atoms with E-state index in [0.29, 0.717) is 6.61 Å². The molecular formula is C14H21N3O2S. The van der Waals surface area contributed by atoms with Gasteiger partial charge in [-0.1, -0.05) is 0 Å². The minimum atomic E-state index is -0.0870. The van der Waals surface area contributed by atoms with Crippen molar-refractivity contribution in [2.75, 3.05) is 44.2 Å². The van der Waals surface area contributed by atoms with E-state index in [1.807, 2.05) is 38.4 Å². The smallest absolute Gasteiger partial charge is 0.242 e. The number of anilines is 1. The number of hydrogen-bond donors (Lipinski definition) is 2. The molecule has 0 spiro atoms. The summed E-state index contributed by atoms with van der Waals surface area (Å²) in [7, 11) is 4.02. The number of rotatable bonds is 6. The predicted molar refractivity (Wildman–Crippen MR) is 83.4 cm³/mol. The van der Waals surface area contributed by atoms with Gasteiger partial charge in [-0.25, -0.2) is 0 Å². The Hall–Kier alpha value is -1.24. The van der Waals surface area contributed by atoms with Gasteiger partial charge in [0.15, 0.2) is 0 Å². The van der Waals surface area contributed by atoms with Gasteiger partial charge in [-0.15, -0.1) is 11.8 Å². The average molecular weight is 295 g/mol. The van der Waals surface area contributed by atoms with Crippen LogP contribution in [0.25, 0.3) is 0 Å². The molecule has 110 valence electrons. The fourth-order valence-electron chi connectivity index (χ4n) is 1.77. The van der Waals surface area contributed by atoms with Gasteiger partial charge in [0, 0.05) is 23.9 Å². The summed E-state index contributed by atoms with van der Waals surface area (Å²) in [5.74, 6) is 2.52. The first-order valence-electron chi connectivity index (χ1n) is 6.65. The Kier molecular flexibility index (Phi) is 5.70. The minimum Gasteiger partial charge on any atom is -0.492 e. The standard InChI is InChI=1S/C14H21N3O2S/c1-17(2)7-8-19-12-5-3-11(4-6-12)16-14(18)13-9-20-10-15-13/h3-6,13,15H,7-10H2,1-2H3,(H,16,18). The van der Waals surface area contributed by atoms with Crippen molar-refractivity contribution in [3.8, 4) is 5.75 Å². The molecule has 1 unspecified atom stereocenters. The maximum atomic E-state index is 11.9. The number of nitrogens with one attached hydrogen (secondary N) is 2. The van der Waals surface area contributed by atoms with E-state index in [4.69, 9.17) is 4.74 Å². The van der Waals surface area contributed by atoms with Crippen LogP contribution in [-0.2, 0) is 4.79 Å². The van der Waals surface area contributed by atoms with Crippen LogP contribution in [0.3, 0.4) is 0 Å². The molecule has 1 aliphatic rings. The predicted octanol–water partition coefficient (Wildman–Crippen LogP) is 1.23. The van der Waals surface area contributed by atoms with Crippen molar-refractivity contribution in [2.45, 2.75) is 6.04 Å². The van der Waals surface area contributed by atoms with Gasteiger partial charge in [0.1, 0.15) is 12.4 Å². The van der Waals surface area contributed by atoms with Crippen LogP contribution < -0.4 is 15.4 Å². The zero-order valence-corrected chi connectivity index (χ0v) is 12.7. The number of nitrogens with zero attached hydrogens (tertiary/aromatic N) is 1. The van der Waals surface area contributed by atoms with Gasteiger partial charge in [0.2, 0.25) is 5.91 Å². The van der Waals surface area contributed by atoms with Crippen molar-refractivity contribution in [3.05, 3.63) is 24.3 Å². The maximum absolute atomic E-state index is 11.9. The van der Waals surface area contributed by atoms with E-state index < -0.39 is 0 Å². The highest BCUT2D eigenvalue weighted by Crippen LogP contribution is 2.17. The van der Waals surface area contributed by atoms with E-state index in [1.165, 1.54) is 0 Å². The third-order valence-electron chi connectivity index (χ3n) is 2.96. The van der Waals surface area contributed by atoms with Crippen molar-refractivity contribution in [2.24, 2.45) is 0 Å². The van der Waals surface area contributed by atoms with Crippen molar-refractivity contribution in [1.82, 2.24) is 10.2 Å². The molecule has 0 aliphatic carbocycles. The fourth-order valence-corrected chi connectivity index (χ4v) is 2.72. The largest absolute Gasteiger partial charge is 0.492 e. The highest BCUT2D eigenvalue weighted by atomic mass is 32.2. The molecule has 1 aliphatic heterocycles. The van der Waals surface area contributed by atoms with Crippen LogP contribution in [0.15, 0.2) is 24.3 Å². The quantitative estimate of drug-likeness (QED) is 0.827. The molecule has 0 bridgehead atoms. The highest BCUT2D eigenvalue weighted by Gasteiger charge is 2.22. The molecule has 0 radical (unpaired) electrons. The van der Waals surface area contributed by atoms with Crippen molar-refractivity contribution in [1.29, 1.82) is 0 Å². The second-order valence-electron chi connectivity index (χ2n) is 4.94. The molecule has 1 aromatic carbocycles. The monoisotopic (exact) mass is 295 g/mol. The summed E-state index contributed by atoms with van der Waals surface area (Å²) in [6, 6.07) is 7.40. The molecule has 5 nitrogen and oxygen atoms in total. The molecule has 1 heterocycles. The highest BCUT2D eigenvalue weighted by molar-refractivity contribution is 7.99. The number of hydrogen-bond acceptors (Lipinski definition) is 5. The lowest BCUT2D eigenvalue weighted by atomic mass is 10.2. The Bertz CT molecular complexity index is 431. The Morgan fingerprint density at radius 1 is 1.45 bits per heavy atom. The lowest BCUT2D eigenvalue weighted by molar-refractivity contribution is -0.117. The van der Waals surface area contributed by atoms with E-state index in [1.54, 1.807) is 11.8 Å². The summed E-state index contributed by atoms with van der Waals surface area (Å²) in [6.07, 6.45) is 0. The normalized spacial score (nSPS) is 18.2. The van der Waals surface area contributed by atoms with Gasteiger partial charge in [-0.3, -0.25) is 10.1 Å². The molecule has 1 atom stereocenters. The van der Waals surface area contributed by atoms with Gasteiger partial charge in [0.05, 0.1) is 6.04 Å². The Balaban J connectivity index is 1.80. The van der Waals surface area contributed by atoms with Crippen molar-refractivity contribution >= 4 is 23.4 Å². The molecule has 20 heavy (non-hydrogen) atoms. The second-order valence-corrected chi connectivity index (χ2v) is 5.97. The van der Waals surface area contributed by atoms with Gasteiger partial charge in [-0.2, -0.15) is 0 Å². The molecule has 1 saturated heterocycles. The van der Waals surface area contributed by atoms with Crippen LogP contribution in [-0.4, -0.2) is 55.7 Å². The lowest BCUT2D eigenvalue weighted by Gasteiger charge is -2.12. The summed E-state index contributed by atoms with van der Waals surface area (Å²) in [6.45, 7) is 1.53. The SMILES string of the molecule is CN(C)CCOc1ccc(NC(=O)C2CSCN2)cc1. The zero-order valence-electron chi connectivity index (χ0n) is 11.9. The zero-order chi connectivity index (χ0) is 14.4. The Morgan fingerprint density at radius 3 is 2.80 bits per heavy atom. The van der Waals surface area contributed by atoms with Crippen LogP contribution in [0, 0.1) is 0 Å². The number of benzene rings is 1. The van der Waals surface area contributed by atoms with Crippen molar-refractivity contribution < 1.29 is 9.53 Å². The number of thioether (sulfide) groups is 1. The van der Waals surface area contributed by atoms with Gasteiger partial charge < -0.3 is 15.0 Å². The van der Waals surface area contributed by atoms with Crippen LogP contribution in [0.2, 0.25) is 0 Å². The summed E-state index contributed by atoms with van der Waals surface area (Å²) in [5.41, 5.74) is 0.800. The van der Waals surface area contributed by atoms with E-state index in [2.05, 4.69) is 15.5 Å². The molecule has 0 saturated carbocycles. The molecule has 6 heteroatoms. The summed E-state index contributed by atoms with van der Waals surface area (Å²) in [5, 5.41) is 6.05. The van der Waals surface area contributed by atoms with E-state index in [-0.39, 0.29) is 11.9 Å². The Morgan fingerprint density at radius 2 is 2.20 bits per heavy atom. The second kappa shape index (κ2) is 7.52. The summed E-state index contributed by atoms with van der Waals surface area (Å²) in [4.78, 5) is 14.0. The first-order valence-corrected chi connectivity index (χ1v) is 7.80. The van der Waals surface area contributed by atoms with Crippen LogP contribution in [0.1, 0.15) is 0 Å². The number of likely N-dealkylation sites (N-methyl/N-ethyl adjacent to an activating group) is 1. The third-order valence-corrected chi connectivity index (χ3v) is 3.90. The van der Waals surface area contributed by atoms with Crippen molar-refractivity contribution in [3.63, 3.8) is 0 Å². The molecule has 2 N–H and O–H groups in total. The average Bonchev–Trinajstić information content (AvgIpc) is 2.94. The molecule has 2 rings (SSSR count). The first kappa shape index (κ1) is 15.2. The first-order chi connectivity index (χ1) is 9.65. The molecule has 1 fully saturated rings. The molecular weight excluding hydrogens is 274 g/mol. The van der Waals surface area contributed by atoms with Crippen LogP contribution in [0.4, 0.5) is 5.69 Å². The number of carbonyl (C=O) groups is 1. The Labute approximate surface area is 124 Å². The number of amides is 1. The van der Waals surface area contributed by atoms with Crippen LogP contribution >= 0.6 is 11.8 Å². The van der Waals surface area contributed by atoms with E-state index >= 15 is 0 Å². The molecule has 0 aromatic heterocycles. The summed E-state index contributed by atoms with van der Waals surface area (Å²) < 4.78 is 5.61. The minimum absolute atomic E-state index is 0.0243. The van der Waals surface area contributed by atoms with E-state index in [0.717, 1.165) is 29.6 Å². The topological polar surface area (TPSA) is 53.6 Å². The number of ether oxygens (including phenoxy) is 1.